The second kappa shape index (κ2) is 16.2. The lowest BCUT2D eigenvalue weighted by Crippen LogP contribution is -2.58. The van der Waals surface area contributed by atoms with Crippen LogP contribution in [-0.2, 0) is 37.0 Å². The van der Waals surface area contributed by atoms with Crippen molar-refractivity contribution in [1.82, 2.24) is 20.6 Å². The summed E-state index contributed by atoms with van der Waals surface area (Å²) in [5, 5.41) is 6.66. The first-order valence-electron chi connectivity index (χ1n) is 15.8. The van der Waals surface area contributed by atoms with Crippen molar-refractivity contribution >= 4 is 30.2 Å². The fourth-order valence-electron chi connectivity index (χ4n) is 5.47. The molecule has 0 aromatic heterocycles. The lowest BCUT2D eigenvalue weighted by molar-refractivity contribution is -0.172. The van der Waals surface area contributed by atoms with Gasteiger partial charge in [-0.15, -0.1) is 0 Å². The number of ether oxygens (including phenoxy) is 1. The van der Waals surface area contributed by atoms with E-state index in [-0.39, 0.29) is 24.3 Å². The van der Waals surface area contributed by atoms with Gasteiger partial charge < -0.3 is 20.3 Å². The summed E-state index contributed by atoms with van der Waals surface area (Å²) >= 11 is 0. The van der Waals surface area contributed by atoms with Gasteiger partial charge in [0.05, 0.1) is 0 Å². The first kappa shape index (κ1) is 33.6. The molecular formula is C34H45N5O6. The molecule has 45 heavy (non-hydrogen) atoms. The number of aliphatic imine (C=N–C) groups is 1. The maximum atomic E-state index is 13.7. The summed E-state index contributed by atoms with van der Waals surface area (Å²) in [6, 6.07) is 16.9. The third kappa shape index (κ3) is 9.37. The largest absolute Gasteiger partial charge is 0.445 e. The van der Waals surface area contributed by atoms with E-state index in [0.717, 1.165) is 23.5 Å². The number of aryl methyl sites for hydroxylation is 1. The molecule has 2 aromatic rings. The Hall–Kier alpha value is -4.25. The number of rotatable bonds is 13. The Morgan fingerprint density at radius 1 is 0.889 bits per heavy atom. The molecule has 11 nitrogen and oxygen atoms in total. The summed E-state index contributed by atoms with van der Waals surface area (Å²) in [4.78, 5) is 64.8. The zero-order valence-electron chi connectivity index (χ0n) is 26.6. The van der Waals surface area contributed by atoms with Crippen LogP contribution in [0.4, 0.5) is 4.79 Å². The van der Waals surface area contributed by atoms with E-state index < -0.39 is 42.3 Å². The Morgan fingerprint density at radius 2 is 1.51 bits per heavy atom. The zero-order valence-corrected chi connectivity index (χ0v) is 26.6. The van der Waals surface area contributed by atoms with Crippen LogP contribution < -0.4 is 10.6 Å². The van der Waals surface area contributed by atoms with Gasteiger partial charge in [0, 0.05) is 6.54 Å². The summed E-state index contributed by atoms with van der Waals surface area (Å²) in [7, 11) is 0. The number of carbonyl (C=O) groups excluding carboxylic acids is 4. The van der Waals surface area contributed by atoms with Crippen LogP contribution in [-0.4, -0.2) is 71.0 Å². The number of hydrogen-bond donors (Lipinski definition) is 2. The third-order valence-corrected chi connectivity index (χ3v) is 8.04. The highest BCUT2D eigenvalue weighted by Crippen LogP contribution is 2.22. The highest BCUT2D eigenvalue weighted by atomic mass is 16.7. The van der Waals surface area contributed by atoms with Crippen molar-refractivity contribution in [2.75, 3.05) is 6.54 Å². The fraction of sp³-hybridized carbons (Fsp3) is 0.500. The lowest BCUT2D eigenvalue weighted by Gasteiger charge is -2.32. The summed E-state index contributed by atoms with van der Waals surface area (Å²) in [6.45, 7) is 7.77. The molecule has 2 aliphatic rings. The van der Waals surface area contributed by atoms with E-state index in [0.29, 0.717) is 25.8 Å². The molecule has 1 saturated heterocycles. The van der Waals surface area contributed by atoms with Gasteiger partial charge in [-0.25, -0.2) is 14.6 Å². The molecule has 2 heterocycles. The average Bonchev–Trinajstić information content (AvgIpc) is 3.72. The fourth-order valence-corrected chi connectivity index (χ4v) is 5.47. The molecule has 2 aliphatic heterocycles. The van der Waals surface area contributed by atoms with Gasteiger partial charge in [-0.3, -0.25) is 14.4 Å². The second-order valence-electron chi connectivity index (χ2n) is 12.2. The number of benzene rings is 2. The van der Waals surface area contributed by atoms with E-state index in [1.165, 1.54) is 16.8 Å². The molecular weight excluding hydrogens is 574 g/mol. The minimum absolute atomic E-state index is 0.0743. The predicted octanol–water partition coefficient (Wildman–Crippen LogP) is 4.22. The predicted molar refractivity (Wildman–Crippen MR) is 169 cm³/mol. The molecule has 2 unspecified atom stereocenters. The van der Waals surface area contributed by atoms with Crippen LogP contribution in [0.5, 0.6) is 0 Å². The number of hydroxylamine groups is 2. The molecule has 4 amide bonds. The summed E-state index contributed by atoms with van der Waals surface area (Å²) in [5.74, 6) is -1.70. The standard InChI is InChI=1S/C34H45N5O6/c1-23(2)29(37-34(43)44-21-26-15-9-6-10-16-26)32(41)38-20-12-18-27(38)31(40)36-30(24(3)4)33(42)39-22-35-28(45-39)19-11-17-25-13-7-5-8-14-25/h5-10,13-16,22-24,27-30H,11-12,17-21H2,1-4H3,(H,36,40)(H,37,43)/t27-,28?,29-,30?/m0/s1. The maximum absolute atomic E-state index is 13.7. The van der Waals surface area contributed by atoms with Crippen LogP contribution in [0.1, 0.15) is 64.5 Å². The molecule has 4 atom stereocenters. The van der Waals surface area contributed by atoms with Crippen LogP contribution in [0.15, 0.2) is 65.7 Å². The lowest BCUT2D eigenvalue weighted by atomic mass is 10.0. The van der Waals surface area contributed by atoms with Gasteiger partial charge in [0.15, 0.2) is 6.23 Å². The molecule has 0 spiro atoms. The van der Waals surface area contributed by atoms with Crippen molar-refractivity contribution in [3.8, 4) is 0 Å². The van der Waals surface area contributed by atoms with Crippen molar-refractivity contribution in [2.45, 2.75) is 90.8 Å². The van der Waals surface area contributed by atoms with Gasteiger partial charge in [0.2, 0.25) is 11.8 Å². The first-order chi connectivity index (χ1) is 21.6. The van der Waals surface area contributed by atoms with Crippen LogP contribution in [0, 0.1) is 11.8 Å². The van der Waals surface area contributed by atoms with Crippen molar-refractivity contribution in [3.05, 3.63) is 71.8 Å². The average molecular weight is 620 g/mol. The Labute approximate surface area is 265 Å². The zero-order chi connectivity index (χ0) is 32.3. The first-order valence-corrected chi connectivity index (χ1v) is 15.8. The molecule has 0 radical (unpaired) electrons. The number of carbonyl (C=O) groups is 4. The number of hydrogen-bond acceptors (Lipinski definition) is 7. The van der Waals surface area contributed by atoms with E-state index in [1.54, 1.807) is 0 Å². The normalized spacial score (nSPS) is 19.1. The number of nitrogens with one attached hydrogen (secondary N) is 2. The summed E-state index contributed by atoms with van der Waals surface area (Å²) in [6.07, 6.45) is 3.65. The molecule has 2 N–H and O–H groups in total. The van der Waals surface area contributed by atoms with Gasteiger partial charge in [-0.05, 0) is 55.1 Å². The molecule has 0 bridgehead atoms. The van der Waals surface area contributed by atoms with E-state index in [9.17, 15) is 19.2 Å². The van der Waals surface area contributed by atoms with E-state index >= 15 is 0 Å². The van der Waals surface area contributed by atoms with E-state index in [4.69, 9.17) is 9.57 Å². The minimum Gasteiger partial charge on any atom is -0.445 e. The summed E-state index contributed by atoms with van der Waals surface area (Å²) < 4.78 is 5.33. The van der Waals surface area contributed by atoms with Crippen molar-refractivity contribution in [2.24, 2.45) is 16.8 Å². The monoisotopic (exact) mass is 619 g/mol. The van der Waals surface area contributed by atoms with Gasteiger partial charge in [0.25, 0.3) is 5.91 Å². The number of nitrogens with zero attached hydrogens (tertiary/aromatic N) is 3. The minimum atomic E-state index is -0.878. The molecule has 2 aromatic carbocycles. The van der Waals surface area contributed by atoms with Crippen LogP contribution in [0.2, 0.25) is 0 Å². The Morgan fingerprint density at radius 3 is 2.16 bits per heavy atom. The quantitative estimate of drug-likeness (QED) is 0.346. The van der Waals surface area contributed by atoms with Crippen molar-refractivity contribution < 1.29 is 28.8 Å². The van der Waals surface area contributed by atoms with Gasteiger partial charge in [-0.2, -0.15) is 5.06 Å². The van der Waals surface area contributed by atoms with Crippen LogP contribution >= 0.6 is 0 Å². The molecule has 11 heteroatoms. The molecule has 0 saturated carbocycles. The topological polar surface area (TPSA) is 130 Å². The number of alkyl carbamates (subject to hydrolysis) is 1. The smallest absolute Gasteiger partial charge is 0.408 e. The molecule has 242 valence electrons. The summed E-state index contributed by atoms with van der Waals surface area (Å²) in [5.41, 5.74) is 2.06. The van der Waals surface area contributed by atoms with Gasteiger partial charge >= 0.3 is 6.09 Å². The Kier molecular flexibility index (Phi) is 12.1. The van der Waals surface area contributed by atoms with Gasteiger partial charge in [0.1, 0.15) is 31.1 Å². The highest BCUT2D eigenvalue weighted by Gasteiger charge is 2.41. The molecule has 0 aliphatic carbocycles. The number of likely N-dealkylation sites (tertiary alicyclic amines) is 1. The highest BCUT2D eigenvalue weighted by molar-refractivity contribution is 5.96. The van der Waals surface area contributed by atoms with E-state index in [2.05, 4.69) is 27.8 Å². The van der Waals surface area contributed by atoms with Crippen molar-refractivity contribution in [3.63, 3.8) is 0 Å². The molecule has 1 fully saturated rings. The van der Waals surface area contributed by atoms with Crippen LogP contribution in [0.3, 0.4) is 0 Å². The number of amides is 4. The maximum Gasteiger partial charge on any atom is 0.408 e. The SMILES string of the molecule is CC(C)C(NC(=O)[C@@H]1CCCN1C(=O)[C@@H](NC(=O)OCc1ccccc1)C(C)C)C(=O)N1C=NC(CCCc2ccccc2)O1. The van der Waals surface area contributed by atoms with E-state index in [1.807, 2.05) is 76.2 Å². The Bertz CT molecular complexity index is 1320. The van der Waals surface area contributed by atoms with Crippen LogP contribution in [0.25, 0.3) is 0 Å². The Balaban J connectivity index is 1.31. The van der Waals surface area contributed by atoms with Gasteiger partial charge in [-0.1, -0.05) is 88.4 Å². The molecule has 4 rings (SSSR count). The second-order valence-corrected chi connectivity index (χ2v) is 12.2. The third-order valence-electron chi connectivity index (χ3n) is 8.04. The van der Waals surface area contributed by atoms with Crippen molar-refractivity contribution in [1.29, 1.82) is 0 Å².